The van der Waals surface area contributed by atoms with Crippen molar-refractivity contribution in [2.24, 2.45) is 0 Å². The van der Waals surface area contributed by atoms with Crippen LogP contribution in [0.2, 0.25) is 0 Å². The van der Waals surface area contributed by atoms with Crippen molar-refractivity contribution in [2.45, 2.75) is 32.4 Å². The van der Waals surface area contributed by atoms with Crippen LogP contribution >= 0.6 is 11.8 Å². The molecule has 0 unspecified atom stereocenters. The maximum Gasteiger partial charge on any atom is 0.269 e. The number of nitro groups is 1. The number of ether oxygens (including phenoxy) is 2. The summed E-state index contributed by atoms with van der Waals surface area (Å²) in [5, 5.41) is 17.1. The van der Waals surface area contributed by atoms with E-state index in [9.17, 15) is 14.9 Å². The highest BCUT2D eigenvalue weighted by Crippen LogP contribution is 2.34. The molecule has 0 aliphatic carbocycles. The Kier molecular flexibility index (Phi) is 8.12. The molecular weight excluding hydrogens is 478 g/mol. The lowest BCUT2D eigenvalue weighted by atomic mass is 10.1. The number of carbonyl (C=O) groups is 1. The van der Waals surface area contributed by atoms with E-state index in [1.54, 1.807) is 18.2 Å². The second-order valence-corrected chi connectivity index (χ2v) is 9.17. The highest BCUT2D eigenvalue weighted by molar-refractivity contribution is 8.05. The van der Waals surface area contributed by atoms with Gasteiger partial charge in [-0.3, -0.25) is 14.9 Å². The summed E-state index contributed by atoms with van der Waals surface area (Å²) in [6.45, 7) is 4.69. The molecule has 1 saturated heterocycles. The molecule has 0 spiro atoms. The summed E-state index contributed by atoms with van der Waals surface area (Å²) in [5.74, 6) is 0.970. The number of hydrogen-bond donors (Lipinski definition) is 2. The Morgan fingerprint density at radius 3 is 2.39 bits per heavy atom. The Bertz CT molecular complexity index is 1260. The van der Waals surface area contributed by atoms with Gasteiger partial charge in [0.05, 0.1) is 16.4 Å². The molecule has 1 aliphatic heterocycles. The van der Waals surface area contributed by atoms with E-state index in [2.05, 4.69) is 29.7 Å². The van der Waals surface area contributed by atoms with Gasteiger partial charge in [-0.25, -0.2) is 0 Å². The van der Waals surface area contributed by atoms with Gasteiger partial charge in [0, 0.05) is 17.8 Å². The fraction of sp³-hybridized carbons (Fsp3) is 0.222. The van der Waals surface area contributed by atoms with E-state index in [1.165, 1.54) is 29.5 Å². The van der Waals surface area contributed by atoms with Crippen LogP contribution < -0.4 is 20.1 Å². The van der Waals surface area contributed by atoms with Crippen LogP contribution in [-0.4, -0.2) is 22.9 Å². The van der Waals surface area contributed by atoms with Crippen LogP contribution in [0.1, 0.15) is 30.5 Å². The van der Waals surface area contributed by atoms with Gasteiger partial charge in [-0.1, -0.05) is 36.9 Å². The largest absolute Gasteiger partial charge is 0.490 e. The van der Waals surface area contributed by atoms with E-state index in [-0.39, 0.29) is 23.7 Å². The third-order valence-corrected chi connectivity index (χ3v) is 6.53. The van der Waals surface area contributed by atoms with Crippen LogP contribution in [0.5, 0.6) is 11.5 Å². The van der Waals surface area contributed by atoms with Crippen molar-refractivity contribution in [3.05, 3.63) is 98.4 Å². The molecule has 4 rings (SSSR count). The van der Waals surface area contributed by atoms with Crippen molar-refractivity contribution in [1.82, 2.24) is 5.32 Å². The fourth-order valence-corrected chi connectivity index (χ4v) is 4.57. The first-order valence-electron chi connectivity index (χ1n) is 11.6. The van der Waals surface area contributed by atoms with Crippen LogP contribution in [0, 0.1) is 10.1 Å². The SMILES string of the molecule is CCOc1cc(/C=C2\S[C@H](Nc3ccc(CC)cc3)NC2=O)ccc1OCc1ccc([N+](=O)[O-])cc1. The van der Waals surface area contributed by atoms with Gasteiger partial charge in [0.2, 0.25) is 0 Å². The van der Waals surface area contributed by atoms with Gasteiger partial charge < -0.3 is 20.1 Å². The van der Waals surface area contributed by atoms with Crippen molar-refractivity contribution >= 4 is 35.1 Å². The molecule has 1 fully saturated rings. The Morgan fingerprint density at radius 1 is 1.00 bits per heavy atom. The molecule has 0 radical (unpaired) electrons. The number of amides is 1. The molecule has 36 heavy (non-hydrogen) atoms. The standard InChI is InChI=1S/C27H27N3O5S/c1-3-18-5-10-21(11-6-18)28-27-29-26(31)25(36-27)16-20-9-14-23(24(15-20)34-4-2)35-17-19-7-12-22(13-8-19)30(32)33/h5-16,27-28H,3-4,17H2,1-2H3,(H,29,31)/b25-16-/t27-/m1/s1. The van der Waals surface area contributed by atoms with Gasteiger partial charge >= 0.3 is 0 Å². The van der Waals surface area contributed by atoms with E-state index < -0.39 is 4.92 Å². The monoisotopic (exact) mass is 505 g/mol. The van der Waals surface area contributed by atoms with E-state index >= 15 is 0 Å². The second-order valence-electron chi connectivity index (χ2n) is 8.03. The first-order chi connectivity index (χ1) is 17.4. The minimum absolute atomic E-state index is 0.0341. The zero-order valence-corrected chi connectivity index (χ0v) is 20.8. The highest BCUT2D eigenvalue weighted by Gasteiger charge is 2.27. The molecule has 3 aromatic carbocycles. The molecule has 1 aliphatic rings. The third-order valence-electron chi connectivity index (χ3n) is 5.50. The first kappa shape index (κ1) is 25.1. The molecule has 9 heteroatoms. The summed E-state index contributed by atoms with van der Waals surface area (Å²) in [7, 11) is 0. The lowest BCUT2D eigenvalue weighted by Gasteiger charge is -2.13. The second kappa shape index (κ2) is 11.6. The van der Waals surface area contributed by atoms with Crippen molar-refractivity contribution in [1.29, 1.82) is 0 Å². The molecule has 2 N–H and O–H groups in total. The lowest BCUT2D eigenvalue weighted by molar-refractivity contribution is -0.384. The molecule has 0 aromatic heterocycles. The van der Waals surface area contributed by atoms with Crippen LogP contribution in [0.3, 0.4) is 0 Å². The predicted octanol–water partition coefficient (Wildman–Crippen LogP) is 5.73. The quantitative estimate of drug-likeness (QED) is 0.206. The molecule has 1 atom stereocenters. The van der Waals surface area contributed by atoms with Crippen molar-refractivity contribution in [3.8, 4) is 11.5 Å². The van der Waals surface area contributed by atoms with Gasteiger partial charge in [0.15, 0.2) is 17.0 Å². The predicted molar refractivity (Wildman–Crippen MR) is 142 cm³/mol. The summed E-state index contributed by atoms with van der Waals surface area (Å²) >= 11 is 1.42. The summed E-state index contributed by atoms with van der Waals surface area (Å²) in [4.78, 5) is 23.5. The van der Waals surface area contributed by atoms with Crippen LogP contribution in [0.15, 0.2) is 71.6 Å². The normalized spacial score (nSPS) is 16.0. The first-order valence-corrected chi connectivity index (χ1v) is 12.5. The average Bonchev–Trinajstić information content (AvgIpc) is 3.22. The molecule has 186 valence electrons. The van der Waals surface area contributed by atoms with E-state index in [0.29, 0.717) is 23.0 Å². The van der Waals surface area contributed by atoms with Gasteiger partial charge in [-0.2, -0.15) is 0 Å². The number of nitrogens with zero attached hydrogens (tertiary/aromatic N) is 1. The minimum atomic E-state index is -0.435. The number of non-ortho nitro benzene ring substituents is 1. The maximum absolute atomic E-state index is 12.5. The molecule has 0 bridgehead atoms. The summed E-state index contributed by atoms with van der Waals surface area (Å²) in [6, 6.07) is 19.9. The Hall–Kier alpha value is -3.98. The number of aryl methyl sites for hydroxylation is 1. The maximum atomic E-state index is 12.5. The third kappa shape index (κ3) is 6.37. The average molecular weight is 506 g/mol. The summed E-state index contributed by atoms with van der Waals surface area (Å²) in [5.41, 5.74) is 3.59. The Morgan fingerprint density at radius 2 is 1.72 bits per heavy atom. The fourth-order valence-electron chi connectivity index (χ4n) is 3.58. The van der Waals surface area contributed by atoms with Gasteiger partial charge in [0.1, 0.15) is 6.61 Å². The minimum Gasteiger partial charge on any atom is -0.490 e. The van der Waals surface area contributed by atoms with Crippen molar-refractivity contribution < 1.29 is 19.2 Å². The molecule has 1 amide bonds. The smallest absolute Gasteiger partial charge is 0.269 e. The van der Waals surface area contributed by atoms with Crippen LogP contribution in [0.4, 0.5) is 11.4 Å². The number of thioether (sulfide) groups is 1. The van der Waals surface area contributed by atoms with Crippen molar-refractivity contribution in [3.63, 3.8) is 0 Å². The van der Waals surface area contributed by atoms with Crippen molar-refractivity contribution in [2.75, 3.05) is 11.9 Å². The van der Waals surface area contributed by atoms with E-state index in [0.717, 1.165) is 23.2 Å². The number of rotatable bonds is 10. The molecule has 3 aromatic rings. The van der Waals surface area contributed by atoms with Gasteiger partial charge in [0.25, 0.3) is 11.6 Å². The van der Waals surface area contributed by atoms with Crippen LogP contribution in [-0.2, 0) is 17.8 Å². The zero-order chi connectivity index (χ0) is 25.5. The Labute approximate surface area is 213 Å². The molecule has 8 nitrogen and oxygen atoms in total. The van der Waals surface area contributed by atoms with Crippen LogP contribution in [0.25, 0.3) is 6.08 Å². The number of hydrogen-bond acceptors (Lipinski definition) is 7. The van der Waals surface area contributed by atoms with E-state index in [4.69, 9.17) is 9.47 Å². The topological polar surface area (TPSA) is 103 Å². The van der Waals surface area contributed by atoms with E-state index in [1.807, 2.05) is 37.3 Å². The number of benzene rings is 3. The highest BCUT2D eigenvalue weighted by atomic mass is 32.2. The Balaban J connectivity index is 1.43. The van der Waals surface area contributed by atoms with Gasteiger partial charge in [-0.05, 0) is 72.5 Å². The zero-order valence-electron chi connectivity index (χ0n) is 20.0. The number of nitrogens with one attached hydrogen (secondary N) is 2. The lowest BCUT2D eigenvalue weighted by Crippen LogP contribution is -2.30. The number of anilines is 1. The summed E-state index contributed by atoms with van der Waals surface area (Å²) < 4.78 is 11.7. The molecular formula is C27H27N3O5S. The number of carbonyl (C=O) groups excluding carboxylic acids is 1. The number of nitro benzene ring substituents is 1. The van der Waals surface area contributed by atoms with Gasteiger partial charge in [-0.15, -0.1) is 0 Å². The molecule has 0 saturated carbocycles. The summed E-state index contributed by atoms with van der Waals surface area (Å²) in [6.07, 6.45) is 2.80. The molecule has 1 heterocycles.